The molecule has 33 heavy (non-hydrogen) atoms. The van der Waals surface area contributed by atoms with Crippen LogP contribution in [0.4, 0.5) is 13.2 Å². The van der Waals surface area contributed by atoms with Crippen LogP contribution in [-0.2, 0) is 28.9 Å². The Morgan fingerprint density at radius 3 is 2.42 bits per heavy atom. The Morgan fingerprint density at radius 2 is 1.91 bits per heavy atom. The fourth-order valence-electron chi connectivity index (χ4n) is 2.93. The quantitative estimate of drug-likeness (QED) is 0.293. The minimum absolute atomic E-state index is 0.0586. The fraction of sp³-hybridized carbons (Fsp3) is 0.286. The third kappa shape index (κ3) is 5.37. The summed E-state index contributed by atoms with van der Waals surface area (Å²) in [5, 5.41) is 32.4. The van der Waals surface area contributed by atoms with Gasteiger partial charge in [-0.05, 0) is 24.6 Å². The highest BCUT2D eigenvalue weighted by atomic mass is 19.4. The maximum absolute atomic E-state index is 12.7. The Balaban J connectivity index is 1.74. The van der Waals surface area contributed by atoms with E-state index in [4.69, 9.17) is 19.6 Å². The number of aliphatic hydroxyl groups excluding tert-OH is 2. The van der Waals surface area contributed by atoms with Gasteiger partial charge in [-0.15, -0.1) is 0 Å². The molecule has 1 aromatic carbocycles. The number of aromatic nitrogens is 2. The van der Waals surface area contributed by atoms with Gasteiger partial charge < -0.3 is 19.5 Å². The monoisotopic (exact) mass is 467 g/mol. The number of hydrogen-bond acceptors (Lipinski definition) is 8. The second kappa shape index (κ2) is 9.67. The first-order chi connectivity index (χ1) is 15.6. The highest BCUT2D eigenvalue weighted by molar-refractivity contribution is 5.84. The Bertz CT molecular complexity index is 1090. The maximum atomic E-state index is 12.7. The van der Waals surface area contributed by atoms with Gasteiger partial charge in [-0.25, -0.2) is 5.48 Å². The number of ether oxygens (including phenoxy) is 1. The zero-order valence-electron chi connectivity index (χ0n) is 17.2. The second-order valence-electron chi connectivity index (χ2n) is 7.24. The lowest BCUT2D eigenvalue weighted by Crippen LogP contribution is -2.50. The zero-order chi connectivity index (χ0) is 24.2. The van der Waals surface area contributed by atoms with E-state index in [0.717, 1.165) is 12.3 Å². The van der Waals surface area contributed by atoms with Crippen LogP contribution >= 0.6 is 0 Å². The molecule has 0 radical (unpaired) electrons. The number of carbonyl (C=O) groups excluding carboxylic acids is 1. The molecule has 9 nitrogen and oxygen atoms in total. The largest absolute Gasteiger partial charge is 0.417 e. The molecular weight excluding hydrogens is 447 g/mol. The molecule has 3 rings (SSSR count). The first kappa shape index (κ1) is 24.3. The number of alkyl halides is 3. The number of nitrogens with one attached hydrogen (secondary N) is 1. The van der Waals surface area contributed by atoms with E-state index in [1.807, 2.05) is 0 Å². The molecule has 0 aliphatic carbocycles. The lowest BCUT2D eigenvalue weighted by Gasteiger charge is -2.31. The zero-order valence-corrected chi connectivity index (χ0v) is 17.2. The van der Waals surface area contributed by atoms with E-state index in [1.165, 1.54) is 24.5 Å². The normalized spacial score (nSPS) is 14.5. The van der Waals surface area contributed by atoms with Crippen molar-refractivity contribution < 1.29 is 42.6 Å². The highest BCUT2D eigenvalue weighted by Crippen LogP contribution is 2.32. The molecule has 3 aromatic rings. The average Bonchev–Trinajstić information content (AvgIpc) is 3.30. The molecule has 0 spiro atoms. The summed E-state index contributed by atoms with van der Waals surface area (Å²) < 4.78 is 48.5. The van der Waals surface area contributed by atoms with Crippen molar-refractivity contribution >= 4 is 5.91 Å². The van der Waals surface area contributed by atoms with Crippen LogP contribution in [0.2, 0.25) is 0 Å². The van der Waals surface area contributed by atoms with Gasteiger partial charge in [0, 0.05) is 17.8 Å². The second-order valence-corrected chi connectivity index (χ2v) is 7.24. The number of pyridine rings is 1. The van der Waals surface area contributed by atoms with Crippen LogP contribution < -0.4 is 5.48 Å². The van der Waals surface area contributed by atoms with Crippen LogP contribution in [0.5, 0.6) is 0 Å². The average molecular weight is 467 g/mol. The van der Waals surface area contributed by atoms with Crippen molar-refractivity contribution in [3.8, 4) is 11.3 Å². The predicted molar refractivity (Wildman–Crippen MR) is 105 cm³/mol. The summed E-state index contributed by atoms with van der Waals surface area (Å²) in [4.78, 5) is 16.1. The van der Waals surface area contributed by atoms with Crippen molar-refractivity contribution in [1.29, 1.82) is 0 Å². The summed E-state index contributed by atoms with van der Waals surface area (Å²) in [6.07, 6.45) is -5.38. The number of amides is 1. The number of rotatable bonds is 8. The maximum Gasteiger partial charge on any atom is 0.417 e. The third-order valence-electron chi connectivity index (χ3n) is 4.97. The van der Waals surface area contributed by atoms with Crippen LogP contribution in [-0.4, -0.2) is 37.1 Å². The molecular formula is C21H20F3N3O6. The Labute approximate surface area is 185 Å². The van der Waals surface area contributed by atoms with Crippen LogP contribution in [0.25, 0.3) is 11.3 Å². The van der Waals surface area contributed by atoms with Gasteiger partial charge in [0.1, 0.15) is 18.4 Å². The highest BCUT2D eigenvalue weighted by Gasteiger charge is 2.44. The summed E-state index contributed by atoms with van der Waals surface area (Å²) in [6.45, 7) is 0.590. The van der Waals surface area contributed by atoms with Crippen molar-refractivity contribution in [2.45, 2.75) is 38.0 Å². The van der Waals surface area contributed by atoms with Crippen LogP contribution in [0.15, 0.2) is 53.2 Å². The Kier molecular flexibility index (Phi) is 7.12. The summed E-state index contributed by atoms with van der Waals surface area (Å²) >= 11 is 0. The smallest absolute Gasteiger partial charge is 0.388 e. The molecule has 4 N–H and O–H groups in total. The molecule has 2 heterocycles. The third-order valence-corrected chi connectivity index (χ3v) is 4.97. The van der Waals surface area contributed by atoms with Crippen molar-refractivity contribution in [2.24, 2.45) is 0 Å². The summed E-state index contributed by atoms with van der Waals surface area (Å²) in [6, 6.07) is 9.87. The number of hydroxylamine groups is 1. The van der Waals surface area contributed by atoms with Crippen molar-refractivity contribution in [2.75, 3.05) is 0 Å². The number of carbonyl (C=O) groups is 1. The molecule has 0 saturated heterocycles. The van der Waals surface area contributed by atoms with Gasteiger partial charge in [0.05, 0.1) is 17.9 Å². The standard InChI is InChI=1S/C21H20F3N3O6/c1-20(19(30)26-31,18(29)17-8-15(10-28)33-27-17)32-11-12-2-4-13(5-3-12)16-7-6-14(9-25-16)21(22,23)24/h2-9,18,28-29,31H,10-11H2,1H3,(H,26,30). The molecule has 0 saturated carbocycles. The van der Waals surface area contributed by atoms with Gasteiger partial charge >= 0.3 is 6.18 Å². The van der Waals surface area contributed by atoms with E-state index in [1.54, 1.807) is 24.3 Å². The van der Waals surface area contributed by atoms with Crippen LogP contribution in [0.1, 0.15) is 35.6 Å². The minimum Gasteiger partial charge on any atom is -0.388 e. The number of aliphatic hydroxyl groups is 2. The number of nitrogens with zero attached hydrogens (tertiary/aromatic N) is 2. The van der Waals surface area contributed by atoms with E-state index < -0.39 is 36.0 Å². The SMILES string of the molecule is CC(OCc1ccc(-c2ccc(C(F)(F)F)cn2)cc1)(C(=O)NO)C(O)c1cc(CO)on1. The summed E-state index contributed by atoms with van der Waals surface area (Å²) in [5.41, 5.74) is -0.0292. The van der Waals surface area contributed by atoms with Gasteiger partial charge in [0.25, 0.3) is 5.91 Å². The van der Waals surface area contributed by atoms with Crippen LogP contribution in [0.3, 0.4) is 0 Å². The van der Waals surface area contributed by atoms with E-state index in [2.05, 4.69) is 10.1 Å². The molecule has 0 aliphatic rings. The molecule has 0 aliphatic heterocycles. The summed E-state index contributed by atoms with van der Waals surface area (Å²) in [5.74, 6) is -0.989. The molecule has 176 valence electrons. The molecule has 0 bridgehead atoms. The van der Waals surface area contributed by atoms with E-state index >= 15 is 0 Å². The van der Waals surface area contributed by atoms with Gasteiger partial charge in [0.15, 0.2) is 11.4 Å². The van der Waals surface area contributed by atoms with Gasteiger partial charge in [-0.3, -0.25) is 15.0 Å². The molecule has 1 amide bonds. The molecule has 2 atom stereocenters. The van der Waals surface area contributed by atoms with Crippen molar-refractivity contribution in [3.63, 3.8) is 0 Å². The molecule has 2 unspecified atom stereocenters. The van der Waals surface area contributed by atoms with Gasteiger partial charge in [0.2, 0.25) is 0 Å². The fourth-order valence-corrected chi connectivity index (χ4v) is 2.93. The predicted octanol–water partition coefficient (Wildman–Crippen LogP) is 2.76. The number of halogens is 3. The van der Waals surface area contributed by atoms with Crippen molar-refractivity contribution in [1.82, 2.24) is 15.6 Å². The minimum atomic E-state index is -4.48. The van der Waals surface area contributed by atoms with Gasteiger partial charge in [-0.2, -0.15) is 13.2 Å². The number of hydrogen-bond donors (Lipinski definition) is 4. The molecule has 2 aromatic heterocycles. The Hall–Kier alpha value is -3.32. The topological polar surface area (TPSA) is 138 Å². The lowest BCUT2D eigenvalue weighted by atomic mass is 9.95. The first-order valence-corrected chi connectivity index (χ1v) is 9.54. The van der Waals surface area contributed by atoms with E-state index in [-0.39, 0.29) is 18.1 Å². The van der Waals surface area contributed by atoms with Gasteiger partial charge in [-0.1, -0.05) is 29.4 Å². The van der Waals surface area contributed by atoms with Crippen molar-refractivity contribution in [3.05, 3.63) is 71.2 Å². The van der Waals surface area contributed by atoms with E-state index in [0.29, 0.717) is 16.8 Å². The lowest BCUT2D eigenvalue weighted by molar-refractivity contribution is -0.174. The van der Waals surface area contributed by atoms with E-state index in [9.17, 15) is 23.1 Å². The number of benzene rings is 1. The summed E-state index contributed by atoms with van der Waals surface area (Å²) in [7, 11) is 0. The first-order valence-electron chi connectivity index (χ1n) is 9.54. The Morgan fingerprint density at radius 1 is 1.21 bits per heavy atom. The molecule has 0 fully saturated rings. The van der Waals surface area contributed by atoms with Crippen LogP contribution in [0, 0.1) is 0 Å². The molecule has 12 heteroatoms.